The van der Waals surface area contributed by atoms with Crippen LogP contribution in [0.25, 0.3) is 45.0 Å². The minimum absolute atomic E-state index is 0.0132. The van der Waals surface area contributed by atoms with Crippen molar-refractivity contribution in [1.29, 1.82) is 5.26 Å². The first kappa shape index (κ1) is 53.5. The lowest BCUT2D eigenvalue weighted by Gasteiger charge is -1.99. The molecule has 0 spiro atoms. The highest BCUT2D eigenvalue weighted by Gasteiger charge is 2.14. The van der Waals surface area contributed by atoms with Gasteiger partial charge in [0, 0.05) is 33.5 Å². The number of carbonyl (C=O) groups is 2. The van der Waals surface area contributed by atoms with Gasteiger partial charge >= 0.3 is 11.9 Å². The molecule has 0 fully saturated rings. The van der Waals surface area contributed by atoms with Crippen LogP contribution in [0.15, 0.2) is 146 Å². The predicted molar refractivity (Wildman–Crippen MR) is 270 cm³/mol. The predicted octanol–water partition coefficient (Wildman–Crippen LogP) is 10.2. The molecule has 0 saturated carbocycles. The van der Waals surface area contributed by atoms with E-state index in [2.05, 4.69) is 59.3 Å². The Morgan fingerprint density at radius 1 is 0.588 bits per heavy atom. The molecule has 0 aliphatic heterocycles. The number of aliphatic hydroxyl groups is 1. The molecule has 0 aliphatic rings. The maximum Gasteiger partial charge on any atom is 0.358 e. The molecule has 4 aromatic heterocycles. The molecule has 14 nitrogen and oxygen atoms in total. The molecule has 8 rings (SSSR count). The quantitative estimate of drug-likeness (QED) is 0.0919. The number of hydrogen-bond acceptors (Lipinski definition) is 10. The molecule has 0 amide bonds. The fourth-order valence-corrected chi connectivity index (χ4v) is 6.94. The van der Waals surface area contributed by atoms with Crippen LogP contribution in [0.1, 0.15) is 47.8 Å². The van der Waals surface area contributed by atoms with Crippen LogP contribution in [-0.4, -0.2) is 74.7 Å². The van der Waals surface area contributed by atoms with Crippen LogP contribution in [0.5, 0.6) is 0 Å². The Labute approximate surface area is 411 Å². The van der Waals surface area contributed by atoms with E-state index in [1.165, 1.54) is 5.56 Å². The van der Waals surface area contributed by atoms with E-state index < -0.39 is 0 Å². The van der Waals surface area contributed by atoms with Crippen molar-refractivity contribution in [1.82, 2.24) is 39.1 Å². The minimum Gasteiger partial charge on any atom is -0.466 e. The Balaban J connectivity index is 0.000000188. The van der Waals surface area contributed by atoms with Gasteiger partial charge in [0.25, 0.3) is 0 Å². The first-order valence-electron chi connectivity index (χ1n) is 21.7. The van der Waals surface area contributed by atoms with Gasteiger partial charge in [0.2, 0.25) is 0 Å². The van der Waals surface area contributed by atoms with Gasteiger partial charge in [-0.3, -0.25) is 23.5 Å². The number of carbonyl (C=O) groups excluding carboxylic acids is 2. The molecule has 0 radical (unpaired) electrons. The fraction of sp³-hybridized carbons (Fsp3) is 0.250. The van der Waals surface area contributed by atoms with Gasteiger partial charge in [-0.15, -0.1) is 11.6 Å². The Morgan fingerprint density at radius 2 is 0.956 bits per heavy atom. The van der Waals surface area contributed by atoms with Crippen LogP contribution < -0.4 is 0 Å². The zero-order valence-corrected chi connectivity index (χ0v) is 41.5. The number of aliphatic hydroxyl groups excluding tert-OH is 1. The molecule has 354 valence electrons. The van der Waals surface area contributed by atoms with Gasteiger partial charge in [0.15, 0.2) is 5.69 Å². The van der Waals surface area contributed by atoms with Crippen LogP contribution in [0.4, 0.5) is 0 Å². The summed E-state index contributed by atoms with van der Waals surface area (Å²) in [5, 5.41) is 35.1. The van der Waals surface area contributed by atoms with Crippen LogP contribution in [-0.2, 0) is 61.4 Å². The third-order valence-corrected chi connectivity index (χ3v) is 10.3. The number of benzene rings is 4. The highest BCUT2D eigenvalue weighted by molar-refractivity contribution is 9.09. The van der Waals surface area contributed by atoms with Gasteiger partial charge < -0.3 is 14.6 Å². The van der Waals surface area contributed by atoms with Crippen LogP contribution in [0.2, 0.25) is 0 Å². The lowest BCUT2D eigenvalue weighted by Crippen LogP contribution is -2.05. The van der Waals surface area contributed by atoms with E-state index in [9.17, 15) is 9.59 Å². The highest BCUT2D eigenvalue weighted by atomic mass is 79.9. The summed E-state index contributed by atoms with van der Waals surface area (Å²) in [7, 11) is 7.51. The summed E-state index contributed by atoms with van der Waals surface area (Å²) in [6, 6.07) is 49.7. The average Bonchev–Trinajstić information content (AvgIpc) is 4.15. The first-order chi connectivity index (χ1) is 33.0. The maximum absolute atomic E-state index is 11.5. The number of aromatic nitrogens is 8. The zero-order valence-electron chi connectivity index (χ0n) is 39.2. The summed E-state index contributed by atoms with van der Waals surface area (Å²) < 4.78 is 16.7. The Kier molecular flexibility index (Phi) is 22.7. The van der Waals surface area contributed by atoms with E-state index in [0.717, 1.165) is 50.9 Å². The SMILES string of the molecule is CCOC(=O)CCBr.CCOC(=O)c1cc(-c2ccccc2)n(C)n1.Cn1nc(CC#N)cc1-c1ccccc1.Cn1nc(CCl)cc1-c1ccccc1.Cn1nc(CO)cc1-c1ccccc1. The number of aryl methyl sites for hydroxylation is 4. The van der Waals surface area contributed by atoms with Crippen molar-refractivity contribution in [3.8, 4) is 51.1 Å². The van der Waals surface area contributed by atoms with Gasteiger partial charge in [-0.2, -0.15) is 25.7 Å². The summed E-state index contributed by atoms with van der Waals surface area (Å²) in [6.45, 7) is 4.40. The third-order valence-electron chi connectivity index (χ3n) is 9.60. The fourth-order valence-electron chi connectivity index (χ4n) is 6.49. The van der Waals surface area contributed by atoms with E-state index in [-0.39, 0.29) is 18.5 Å². The molecule has 68 heavy (non-hydrogen) atoms. The van der Waals surface area contributed by atoms with Crippen molar-refractivity contribution in [2.24, 2.45) is 28.2 Å². The molecular formula is C52H57BrClN9O5. The standard InChI is InChI=1S/C13H14N2O2.C12H11N3.C11H11ClN2.C11H12N2O.C5H9BrO2/c1-3-17-13(16)11-9-12(15(2)14-11)10-7-5-4-6-8-10;1-15-12(9-11(14-15)7-8-13)10-5-3-2-4-6-10;1-14-11(7-10(8-12)13-14)9-5-3-2-4-6-9;1-13-11(7-10(8-14)12-13)9-5-3-2-4-6-9;1-2-8-5(7)3-4-6/h4-9H,3H2,1-2H3;2-6,9H,7H2,1H3;2-7H,8H2,1H3;2-7,14H,8H2,1H3;2-4H2,1H3. The average molecular weight is 1000 g/mol. The molecule has 0 unspecified atom stereocenters. The number of nitrogens with zero attached hydrogens (tertiary/aromatic N) is 9. The van der Waals surface area contributed by atoms with E-state index in [1.54, 1.807) is 29.3 Å². The molecule has 16 heteroatoms. The lowest BCUT2D eigenvalue weighted by molar-refractivity contribution is -0.142. The van der Waals surface area contributed by atoms with Crippen molar-refractivity contribution in [2.75, 3.05) is 18.5 Å². The van der Waals surface area contributed by atoms with Crippen molar-refractivity contribution in [2.45, 2.75) is 39.2 Å². The Hall–Kier alpha value is -7.12. The molecule has 0 bridgehead atoms. The second-order valence-corrected chi connectivity index (χ2v) is 15.6. The van der Waals surface area contributed by atoms with Crippen LogP contribution in [0.3, 0.4) is 0 Å². The number of nitriles is 1. The highest BCUT2D eigenvalue weighted by Crippen LogP contribution is 2.22. The smallest absolute Gasteiger partial charge is 0.358 e. The largest absolute Gasteiger partial charge is 0.466 e. The number of ether oxygens (including phenoxy) is 2. The zero-order chi connectivity index (χ0) is 49.3. The summed E-state index contributed by atoms with van der Waals surface area (Å²) >= 11 is 8.84. The van der Waals surface area contributed by atoms with E-state index >= 15 is 0 Å². The summed E-state index contributed by atoms with van der Waals surface area (Å²) in [5.74, 6) is -0.0598. The van der Waals surface area contributed by atoms with Gasteiger partial charge in [-0.1, -0.05) is 137 Å². The molecule has 0 aliphatic carbocycles. The minimum atomic E-state index is -0.384. The first-order valence-corrected chi connectivity index (χ1v) is 23.4. The molecule has 1 N–H and O–H groups in total. The monoisotopic (exact) mass is 1000 g/mol. The second-order valence-electron chi connectivity index (χ2n) is 14.5. The number of rotatable bonds is 12. The third kappa shape index (κ3) is 16.6. The number of esters is 2. The van der Waals surface area contributed by atoms with Gasteiger partial charge in [-0.05, 0) is 60.4 Å². The Morgan fingerprint density at radius 3 is 1.31 bits per heavy atom. The molecule has 8 aromatic rings. The molecule has 0 atom stereocenters. The van der Waals surface area contributed by atoms with Crippen LogP contribution in [0, 0.1) is 11.3 Å². The van der Waals surface area contributed by atoms with Crippen LogP contribution >= 0.6 is 27.5 Å². The molecule has 4 heterocycles. The van der Waals surface area contributed by atoms with E-state index in [0.29, 0.717) is 48.7 Å². The van der Waals surface area contributed by atoms with Gasteiger partial charge in [0.05, 0.1) is 84.5 Å². The summed E-state index contributed by atoms with van der Waals surface area (Å²) in [5.41, 5.74) is 11.3. The number of halogens is 2. The lowest BCUT2D eigenvalue weighted by atomic mass is 10.1. The molecule has 0 saturated heterocycles. The Bertz CT molecular complexity index is 2680. The van der Waals surface area contributed by atoms with Crippen molar-refractivity contribution < 1.29 is 24.2 Å². The normalized spacial score (nSPS) is 10.1. The summed E-state index contributed by atoms with van der Waals surface area (Å²) in [4.78, 5) is 21.9. The molecule has 4 aromatic carbocycles. The van der Waals surface area contributed by atoms with Crippen molar-refractivity contribution in [3.05, 3.63) is 168 Å². The van der Waals surface area contributed by atoms with E-state index in [4.69, 9.17) is 26.7 Å². The summed E-state index contributed by atoms with van der Waals surface area (Å²) in [6.07, 6.45) is 0.828. The topological polar surface area (TPSA) is 168 Å². The number of alkyl halides is 2. The second kappa shape index (κ2) is 28.8. The maximum atomic E-state index is 11.5. The van der Waals surface area contributed by atoms with Crippen molar-refractivity contribution in [3.63, 3.8) is 0 Å². The van der Waals surface area contributed by atoms with Gasteiger partial charge in [0.1, 0.15) is 0 Å². The molecular weight excluding hydrogens is 946 g/mol. The van der Waals surface area contributed by atoms with E-state index in [1.807, 2.05) is 165 Å². The van der Waals surface area contributed by atoms with Crippen molar-refractivity contribution >= 4 is 39.5 Å². The number of hydrogen-bond donors (Lipinski definition) is 1. The van der Waals surface area contributed by atoms with Gasteiger partial charge in [-0.25, -0.2) is 4.79 Å².